The van der Waals surface area contributed by atoms with E-state index >= 15 is 0 Å². The molecule has 3 rings (SSSR count). The Hall–Kier alpha value is -1.78. The van der Waals surface area contributed by atoms with Crippen LogP contribution in [0.4, 0.5) is 0 Å². The van der Waals surface area contributed by atoms with Crippen molar-refractivity contribution in [1.82, 2.24) is 0 Å². The number of hydrogen-bond acceptors (Lipinski definition) is 4. The summed E-state index contributed by atoms with van der Waals surface area (Å²) in [6, 6.07) is 9.77. The summed E-state index contributed by atoms with van der Waals surface area (Å²) in [7, 11) is 1.67. The largest absolute Gasteiger partial charge is 0.496 e. The smallest absolute Gasteiger partial charge is 0.134 e. The lowest BCUT2D eigenvalue weighted by molar-refractivity contribution is 0.410. The van der Waals surface area contributed by atoms with E-state index in [0.717, 1.165) is 39.3 Å². The molecule has 0 aliphatic rings. The fraction of sp³-hybridized carbons (Fsp3) is 0.250. The Morgan fingerprint density at radius 2 is 2.10 bits per heavy atom. The number of para-hydroxylation sites is 1. The molecule has 0 saturated carbocycles. The molecule has 1 atom stereocenters. The molecule has 0 aliphatic heterocycles. The summed E-state index contributed by atoms with van der Waals surface area (Å²) >= 11 is 1.62. The maximum Gasteiger partial charge on any atom is 0.134 e. The number of aryl methyl sites for hydroxylation is 1. The summed E-state index contributed by atoms with van der Waals surface area (Å²) in [5.41, 5.74) is 8.46. The first-order chi connectivity index (χ1) is 9.76. The first-order valence-electron chi connectivity index (χ1n) is 6.63. The van der Waals surface area contributed by atoms with Crippen LogP contribution in [0.15, 0.2) is 40.1 Å². The summed E-state index contributed by atoms with van der Waals surface area (Å²) in [5.74, 6) is 1.80. The van der Waals surface area contributed by atoms with Crippen LogP contribution in [0.2, 0.25) is 0 Å². The summed E-state index contributed by atoms with van der Waals surface area (Å²) in [5, 5.41) is 3.09. The predicted octanol–water partition coefficient (Wildman–Crippen LogP) is 4.11. The number of nitrogens with two attached hydrogens (primary N) is 1. The van der Waals surface area contributed by atoms with Gasteiger partial charge in [0.15, 0.2) is 0 Å². The highest BCUT2D eigenvalue weighted by Crippen LogP contribution is 2.38. The minimum atomic E-state index is -0.219. The van der Waals surface area contributed by atoms with Crippen molar-refractivity contribution in [3.8, 4) is 5.75 Å². The molecular weight excluding hydrogens is 270 g/mol. The summed E-state index contributed by atoms with van der Waals surface area (Å²) in [6.45, 7) is 2.08. The van der Waals surface area contributed by atoms with Gasteiger partial charge < -0.3 is 14.9 Å². The van der Waals surface area contributed by atoms with Crippen LogP contribution in [0.25, 0.3) is 11.0 Å². The average molecular weight is 287 g/mol. The van der Waals surface area contributed by atoms with Crippen molar-refractivity contribution in [2.75, 3.05) is 7.11 Å². The van der Waals surface area contributed by atoms with Gasteiger partial charge in [-0.2, -0.15) is 0 Å². The van der Waals surface area contributed by atoms with Crippen LogP contribution >= 0.6 is 11.3 Å². The lowest BCUT2D eigenvalue weighted by Gasteiger charge is -2.12. The van der Waals surface area contributed by atoms with Gasteiger partial charge in [-0.05, 0) is 17.5 Å². The van der Waals surface area contributed by atoms with Crippen molar-refractivity contribution in [3.63, 3.8) is 0 Å². The number of furan rings is 1. The second-order valence-corrected chi connectivity index (χ2v) is 5.57. The van der Waals surface area contributed by atoms with Crippen LogP contribution in [-0.2, 0) is 6.42 Å². The van der Waals surface area contributed by atoms with Crippen LogP contribution in [0.3, 0.4) is 0 Å². The highest BCUT2D eigenvalue weighted by Gasteiger charge is 2.23. The van der Waals surface area contributed by atoms with Crippen molar-refractivity contribution in [3.05, 3.63) is 51.9 Å². The number of rotatable bonds is 4. The molecule has 0 amide bonds. The van der Waals surface area contributed by atoms with Crippen LogP contribution < -0.4 is 10.5 Å². The van der Waals surface area contributed by atoms with Crippen LogP contribution in [0.1, 0.15) is 29.2 Å². The Bertz CT molecular complexity index is 729. The van der Waals surface area contributed by atoms with E-state index < -0.39 is 0 Å². The number of fused-ring (bicyclic) bond motifs is 1. The van der Waals surface area contributed by atoms with Crippen molar-refractivity contribution in [2.24, 2.45) is 5.73 Å². The Kier molecular flexibility index (Phi) is 3.51. The van der Waals surface area contributed by atoms with Crippen molar-refractivity contribution in [2.45, 2.75) is 19.4 Å². The van der Waals surface area contributed by atoms with Crippen molar-refractivity contribution < 1.29 is 9.15 Å². The minimum absolute atomic E-state index is 0.219. The maximum absolute atomic E-state index is 6.49. The molecule has 0 spiro atoms. The summed E-state index contributed by atoms with van der Waals surface area (Å²) < 4.78 is 11.3. The molecule has 1 aromatic carbocycles. The molecule has 1 unspecified atom stereocenters. The summed E-state index contributed by atoms with van der Waals surface area (Å²) in [6.07, 6.45) is 0.825. The predicted molar refractivity (Wildman–Crippen MR) is 82.5 cm³/mol. The second kappa shape index (κ2) is 5.31. The van der Waals surface area contributed by atoms with E-state index in [4.69, 9.17) is 14.9 Å². The quantitative estimate of drug-likeness (QED) is 0.785. The number of ether oxygens (including phenoxy) is 1. The Balaban J connectivity index is 2.18. The van der Waals surface area contributed by atoms with Crippen molar-refractivity contribution >= 4 is 22.3 Å². The molecule has 104 valence electrons. The van der Waals surface area contributed by atoms with Gasteiger partial charge in [0, 0.05) is 17.4 Å². The molecule has 4 heteroatoms. The molecule has 0 fully saturated rings. The van der Waals surface area contributed by atoms with E-state index in [2.05, 4.69) is 13.0 Å². The molecule has 2 heterocycles. The SMILES string of the molecule is CCc1oc2ccccc2c1C(N)c1sccc1OC. The standard InChI is InChI=1S/C16H17NO2S/c1-3-11-14(10-6-4-5-7-12(10)19-11)15(17)16-13(18-2)8-9-20-16/h4-9,15H,3,17H2,1-2H3. The highest BCUT2D eigenvalue weighted by molar-refractivity contribution is 7.10. The van der Waals surface area contributed by atoms with Gasteiger partial charge in [0.25, 0.3) is 0 Å². The Morgan fingerprint density at radius 1 is 1.30 bits per heavy atom. The van der Waals surface area contributed by atoms with Crippen LogP contribution in [0, 0.1) is 0 Å². The third-order valence-corrected chi connectivity index (χ3v) is 4.48. The zero-order valence-corrected chi connectivity index (χ0v) is 12.4. The molecule has 20 heavy (non-hydrogen) atoms. The van der Waals surface area contributed by atoms with E-state index in [0.29, 0.717) is 0 Å². The van der Waals surface area contributed by atoms with E-state index in [-0.39, 0.29) is 6.04 Å². The topological polar surface area (TPSA) is 48.4 Å². The van der Waals surface area contributed by atoms with Gasteiger partial charge in [0.2, 0.25) is 0 Å². The van der Waals surface area contributed by atoms with E-state index in [1.54, 1.807) is 18.4 Å². The second-order valence-electron chi connectivity index (χ2n) is 4.62. The third kappa shape index (κ3) is 2.01. The van der Waals surface area contributed by atoms with E-state index in [9.17, 15) is 0 Å². The number of methoxy groups -OCH3 is 1. The lowest BCUT2D eigenvalue weighted by Crippen LogP contribution is -2.12. The fourth-order valence-corrected chi connectivity index (χ4v) is 3.43. The third-order valence-electron chi connectivity index (χ3n) is 3.50. The first-order valence-corrected chi connectivity index (χ1v) is 7.51. The monoisotopic (exact) mass is 287 g/mol. The normalized spacial score (nSPS) is 12.8. The van der Waals surface area contributed by atoms with Gasteiger partial charge in [0.1, 0.15) is 17.1 Å². The molecule has 0 aliphatic carbocycles. The minimum Gasteiger partial charge on any atom is -0.496 e. The molecule has 3 nitrogen and oxygen atoms in total. The van der Waals surface area contributed by atoms with Crippen molar-refractivity contribution in [1.29, 1.82) is 0 Å². The molecule has 0 saturated heterocycles. The molecule has 2 aromatic heterocycles. The Morgan fingerprint density at radius 3 is 2.85 bits per heavy atom. The summed E-state index contributed by atoms with van der Waals surface area (Å²) in [4.78, 5) is 1.04. The fourth-order valence-electron chi connectivity index (χ4n) is 2.56. The Labute approximate surface area is 122 Å². The van der Waals surface area contributed by atoms with Crippen LogP contribution in [-0.4, -0.2) is 7.11 Å². The molecular formula is C16H17NO2S. The zero-order valence-electron chi connectivity index (χ0n) is 11.6. The van der Waals surface area contributed by atoms with Gasteiger partial charge in [-0.25, -0.2) is 0 Å². The zero-order chi connectivity index (χ0) is 14.1. The van der Waals surface area contributed by atoms with Gasteiger partial charge >= 0.3 is 0 Å². The first kappa shape index (κ1) is 13.2. The van der Waals surface area contributed by atoms with E-state index in [1.807, 2.05) is 29.6 Å². The van der Waals surface area contributed by atoms with Gasteiger partial charge in [0.05, 0.1) is 18.0 Å². The molecule has 0 bridgehead atoms. The molecule has 3 aromatic rings. The lowest BCUT2D eigenvalue weighted by atomic mass is 10.0. The number of hydrogen-bond donors (Lipinski definition) is 1. The maximum atomic E-state index is 6.49. The molecule has 0 radical (unpaired) electrons. The number of thiophene rings is 1. The van der Waals surface area contributed by atoms with Gasteiger partial charge in [-0.1, -0.05) is 25.1 Å². The number of benzene rings is 1. The molecule has 2 N–H and O–H groups in total. The average Bonchev–Trinajstić information content (AvgIpc) is 3.10. The van der Waals surface area contributed by atoms with E-state index in [1.165, 1.54) is 0 Å². The van der Waals surface area contributed by atoms with Crippen LogP contribution in [0.5, 0.6) is 5.75 Å². The van der Waals surface area contributed by atoms with Gasteiger partial charge in [-0.15, -0.1) is 11.3 Å². The van der Waals surface area contributed by atoms with Gasteiger partial charge in [-0.3, -0.25) is 0 Å². The highest BCUT2D eigenvalue weighted by atomic mass is 32.1.